The second kappa shape index (κ2) is 4.67. The molecule has 0 heterocycles. The Morgan fingerprint density at radius 3 is 1.60 bits per heavy atom. The molecular formula is H3B2Cl2N. The van der Waals surface area contributed by atoms with Gasteiger partial charge < -0.3 is 5.14 Å². The van der Waals surface area contributed by atoms with Crippen LogP contribution in [0.3, 0.4) is 0 Å². The lowest BCUT2D eigenvalue weighted by Gasteiger charge is -1.77. The summed E-state index contributed by atoms with van der Waals surface area (Å²) in [5.41, 5.74) is 0. The van der Waals surface area contributed by atoms with Crippen molar-refractivity contribution in [3.8, 4) is 0 Å². The van der Waals surface area contributed by atoms with E-state index in [2.05, 4.69) is 5.14 Å². The average Bonchev–Trinajstić information content (AvgIpc) is 1.41. The van der Waals surface area contributed by atoms with E-state index in [1.165, 1.54) is 0 Å². The molecule has 0 amide bonds. The minimum atomic E-state index is 0.434. The van der Waals surface area contributed by atoms with Gasteiger partial charge in [-0.3, -0.25) is 0 Å². The highest BCUT2D eigenvalue weighted by atomic mass is 35.5. The van der Waals surface area contributed by atoms with Crippen LogP contribution >= 0.6 is 22.9 Å². The van der Waals surface area contributed by atoms with Gasteiger partial charge in [0.1, 0.15) is 0 Å². The van der Waals surface area contributed by atoms with Crippen molar-refractivity contribution in [1.82, 2.24) is 5.14 Å². The first-order valence-corrected chi connectivity index (χ1v) is 2.31. The van der Waals surface area contributed by atoms with Gasteiger partial charge in [-0.1, -0.05) is 0 Å². The lowest BCUT2D eigenvalue weighted by atomic mass is 10.2. The van der Waals surface area contributed by atoms with Gasteiger partial charge in [0.2, 0.25) is 0 Å². The maximum Gasteiger partial charge on any atom is 0.300 e. The normalized spacial score (nSPS) is 6.80. The van der Waals surface area contributed by atoms with Gasteiger partial charge in [-0.05, 0) is 0 Å². The van der Waals surface area contributed by atoms with Gasteiger partial charge >= 0.3 is 13.7 Å². The molecule has 0 aromatic carbocycles. The fourth-order valence-corrected chi connectivity index (χ4v) is 0.321. The molecular weight excluding hydrogens is 107 g/mol. The largest absolute Gasteiger partial charge is 0.376 e. The Morgan fingerprint density at radius 2 is 1.60 bits per heavy atom. The van der Waals surface area contributed by atoms with Crippen LogP contribution in [0.25, 0.3) is 0 Å². The average molecular weight is 110 g/mol. The maximum atomic E-state index is 5.11. The summed E-state index contributed by atoms with van der Waals surface area (Å²) in [7, 11) is 0. The lowest BCUT2D eigenvalue weighted by molar-refractivity contribution is 1.66. The molecule has 28 valence electrons. The monoisotopic (exact) mass is 109 g/mol. The predicted octanol–water partition coefficient (Wildman–Crippen LogP) is -0.413. The van der Waals surface area contributed by atoms with E-state index in [0.717, 1.165) is 0 Å². The third-order valence-corrected chi connectivity index (χ3v) is 0.567. The Bertz CT molecular complexity index is 15.1. The zero-order valence-corrected chi connectivity index (χ0v) is 4.18. The highest BCUT2D eigenvalue weighted by Gasteiger charge is 1.76. The Morgan fingerprint density at radius 1 is 1.20 bits per heavy atom. The van der Waals surface area contributed by atoms with E-state index in [9.17, 15) is 0 Å². The van der Waals surface area contributed by atoms with Gasteiger partial charge in [0.05, 0.1) is 0 Å². The molecule has 0 aliphatic rings. The van der Waals surface area contributed by atoms with Gasteiger partial charge in [-0.15, -0.1) is 0 Å². The van der Waals surface area contributed by atoms with Crippen molar-refractivity contribution in [2.24, 2.45) is 0 Å². The molecule has 0 aliphatic heterocycles. The predicted molar refractivity (Wildman–Crippen MR) is 29.1 cm³/mol. The summed E-state index contributed by atoms with van der Waals surface area (Å²) < 4.78 is 0. The van der Waals surface area contributed by atoms with E-state index in [4.69, 9.17) is 22.9 Å². The molecule has 0 aromatic heterocycles. The molecule has 0 spiro atoms. The third kappa shape index (κ3) is 4.67. The van der Waals surface area contributed by atoms with E-state index in [1.807, 2.05) is 0 Å². The first-order valence-electron chi connectivity index (χ1n) is 1.24. The van der Waals surface area contributed by atoms with Crippen molar-refractivity contribution in [2.75, 3.05) is 0 Å². The minimum absolute atomic E-state index is 0.434. The second-order valence-corrected chi connectivity index (χ2v) is 1.05. The first-order chi connectivity index (χ1) is 2.41. The van der Waals surface area contributed by atoms with Crippen molar-refractivity contribution < 1.29 is 0 Å². The summed E-state index contributed by atoms with van der Waals surface area (Å²) >= 11 is 10.2. The maximum absolute atomic E-state index is 5.11. The van der Waals surface area contributed by atoms with Crippen LogP contribution in [-0.4, -0.2) is 13.7 Å². The Kier molecular flexibility index (Phi) is 5.30. The number of hydrogen-bond donors (Lipinski definition) is 1. The van der Waals surface area contributed by atoms with Crippen LogP contribution in [0.15, 0.2) is 0 Å². The van der Waals surface area contributed by atoms with Crippen LogP contribution in [0.5, 0.6) is 0 Å². The molecule has 0 rings (SSSR count). The fraction of sp³-hybridized carbons (Fsp3) is 0. The summed E-state index contributed by atoms with van der Waals surface area (Å²) in [6.45, 7) is 0.868. The zero-order valence-electron chi connectivity index (χ0n) is 2.67. The molecule has 5 heteroatoms. The van der Waals surface area contributed by atoms with Crippen molar-refractivity contribution in [3.63, 3.8) is 0 Å². The summed E-state index contributed by atoms with van der Waals surface area (Å²) in [5, 5.41) is 2.64. The molecule has 0 saturated carbocycles. The van der Waals surface area contributed by atoms with E-state index < -0.39 is 0 Å². The Balaban J connectivity index is 2.19. The summed E-state index contributed by atoms with van der Waals surface area (Å²) in [4.78, 5) is 0. The molecule has 0 saturated heterocycles. The first kappa shape index (κ1) is 5.67. The van der Waals surface area contributed by atoms with Gasteiger partial charge in [0, 0.05) is 0 Å². The van der Waals surface area contributed by atoms with Crippen LogP contribution in [0.1, 0.15) is 0 Å². The zero-order chi connectivity index (χ0) is 4.12. The lowest BCUT2D eigenvalue weighted by Crippen LogP contribution is -2.14. The molecule has 0 fully saturated rings. The van der Waals surface area contributed by atoms with Gasteiger partial charge in [0.25, 0.3) is 0 Å². The number of hydrogen-bond acceptors (Lipinski definition) is 1. The van der Waals surface area contributed by atoms with Crippen LogP contribution < -0.4 is 5.14 Å². The number of rotatable bonds is 2. The molecule has 0 atom stereocenters. The molecule has 0 radical (unpaired) electrons. The van der Waals surface area contributed by atoms with Crippen molar-refractivity contribution in [2.45, 2.75) is 0 Å². The Labute approximate surface area is 42.4 Å². The van der Waals surface area contributed by atoms with Gasteiger partial charge in [-0.2, -0.15) is 22.9 Å². The SMILES string of the molecule is ClBNBCl. The molecule has 1 N–H and O–H groups in total. The quantitative estimate of drug-likeness (QED) is 0.476. The highest BCUT2D eigenvalue weighted by molar-refractivity contribution is 7.02. The fourth-order valence-electron chi connectivity index (χ4n) is 0.0357. The minimum Gasteiger partial charge on any atom is -0.376 e. The van der Waals surface area contributed by atoms with E-state index >= 15 is 0 Å². The van der Waals surface area contributed by atoms with E-state index in [-0.39, 0.29) is 0 Å². The highest BCUT2D eigenvalue weighted by Crippen LogP contribution is 1.60. The summed E-state index contributed by atoms with van der Waals surface area (Å²) in [5.74, 6) is 0. The van der Waals surface area contributed by atoms with Crippen molar-refractivity contribution in [1.29, 1.82) is 0 Å². The smallest absolute Gasteiger partial charge is 0.300 e. The Hall–Kier alpha value is 0.670. The van der Waals surface area contributed by atoms with Gasteiger partial charge in [0.15, 0.2) is 0 Å². The van der Waals surface area contributed by atoms with Crippen molar-refractivity contribution in [3.05, 3.63) is 0 Å². The summed E-state index contributed by atoms with van der Waals surface area (Å²) in [6, 6.07) is 0. The number of halogens is 2. The van der Waals surface area contributed by atoms with Crippen molar-refractivity contribution >= 4 is 36.6 Å². The summed E-state index contributed by atoms with van der Waals surface area (Å²) in [6.07, 6.45) is 0. The molecule has 0 bridgehead atoms. The molecule has 0 aliphatic carbocycles. The molecule has 1 nitrogen and oxygen atoms in total. The van der Waals surface area contributed by atoms with Crippen LogP contribution in [0, 0.1) is 0 Å². The van der Waals surface area contributed by atoms with E-state index in [1.54, 1.807) is 0 Å². The van der Waals surface area contributed by atoms with Crippen LogP contribution in [0.2, 0.25) is 0 Å². The molecule has 5 heavy (non-hydrogen) atoms. The number of nitrogens with one attached hydrogen (secondary N) is 1. The topological polar surface area (TPSA) is 12.0 Å². The molecule has 0 aromatic rings. The third-order valence-electron chi connectivity index (χ3n) is 0.189. The van der Waals surface area contributed by atoms with Crippen LogP contribution in [-0.2, 0) is 0 Å². The van der Waals surface area contributed by atoms with E-state index in [0.29, 0.717) is 13.7 Å². The second-order valence-electron chi connectivity index (χ2n) is 0.517. The van der Waals surface area contributed by atoms with Gasteiger partial charge in [-0.25, -0.2) is 0 Å². The van der Waals surface area contributed by atoms with Crippen LogP contribution in [0.4, 0.5) is 0 Å². The molecule has 0 unspecified atom stereocenters. The standard InChI is InChI=1S/B2Cl2H3N/c3-1-5-2-4/h1-2,5H.